The number of nitrogens with one attached hydrogen (secondary N) is 1. The lowest BCUT2D eigenvalue weighted by atomic mass is 10.2. The zero-order chi connectivity index (χ0) is 19.8. The topological polar surface area (TPSA) is 98.3 Å². The van der Waals surface area contributed by atoms with Crippen LogP contribution in [0.4, 0.5) is 25.3 Å². The average molecular weight is 406 g/mol. The standard InChI is InChI=1S/C17H16F2N6O2S/c1-24-17(25-5-6-27-8-25)11(7-21-24)22-15(26)13-14(20)28-16(23-13)12-9(18)3-2-4-10(12)19/h2-4,7H,5-6,8,20H2,1H3,(H,22,26). The van der Waals surface area contributed by atoms with Gasteiger partial charge in [-0.25, -0.2) is 13.8 Å². The lowest BCUT2D eigenvalue weighted by Crippen LogP contribution is -2.24. The molecule has 2 aromatic heterocycles. The number of benzene rings is 1. The van der Waals surface area contributed by atoms with Gasteiger partial charge in [-0.2, -0.15) is 5.10 Å². The highest BCUT2D eigenvalue weighted by Crippen LogP contribution is 2.34. The molecule has 146 valence electrons. The first-order valence-corrected chi connectivity index (χ1v) is 9.14. The van der Waals surface area contributed by atoms with Crippen molar-refractivity contribution in [2.45, 2.75) is 0 Å². The summed E-state index contributed by atoms with van der Waals surface area (Å²) in [5, 5.41) is 6.94. The van der Waals surface area contributed by atoms with E-state index in [-0.39, 0.29) is 21.3 Å². The van der Waals surface area contributed by atoms with Crippen molar-refractivity contribution in [3.05, 3.63) is 41.7 Å². The number of thiazole rings is 1. The van der Waals surface area contributed by atoms with E-state index in [0.717, 1.165) is 23.5 Å². The first-order chi connectivity index (χ1) is 13.5. The zero-order valence-electron chi connectivity index (χ0n) is 14.8. The SMILES string of the molecule is Cn1ncc(NC(=O)c2nc(-c3c(F)cccc3F)sc2N)c1N1CCOC1. The average Bonchev–Trinajstić information content (AvgIpc) is 3.36. The van der Waals surface area contributed by atoms with Crippen LogP contribution in [0.5, 0.6) is 0 Å². The summed E-state index contributed by atoms with van der Waals surface area (Å²) >= 11 is 0.844. The fourth-order valence-electron chi connectivity index (χ4n) is 2.96. The molecule has 3 heterocycles. The Morgan fingerprint density at radius 2 is 2.11 bits per heavy atom. The number of amides is 1. The number of nitrogens with two attached hydrogens (primary N) is 1. The zero-order valence-corrected chi connectivity index (χ0v) is 15.6. The minimum Gasteiger partial charge on any atom is -0.389 e. The molecule has 4 rings (SSSR count). The second-order valence-corrected chi connectivity index (χ2v) is 7.12. The van der Waals surface area contributed by atoms with Crippen molar-refractivity contribution in [2.75, 3.05) is 35.8 Å². The van der Waals surface area contributed by atoms with E-state index in [9.17, 15) is 13.6 Å². The molecule has 1 aromatic carbocycles. The third-order valence-corrected chi connectivity index (χ3v) is 5.15. The van der Waals surface area contributed by atoms with Gasteiger partial charge in [-0.15, -0.1) is 0 Å². The van der Waals surface area contributed by atoms with Crippen molar-refractivity contribution >= 4 is 33.8 Å². The van der Waals surface area contributed by atoms with Gasteiger partial charge < -0.3 is 20.7 Å². The number of ether oxygens (including phenoxy) is 1. The number of hydrogen-bond donors (Lipinski definition) is 2. The summed E-state index contributed by atoms with van der Waals surface area (Å²) in [4.78, 5) is 18.7. The Hall–Kier alpha value is -3.05. The Kier molecular flexibility index (Phi) is 4.69. The van der Waals surface area contributed by atoms with E-state index in [1.54, 1.807) is 11.7 Å². The van der Waals surface area contributed by atoms with Gasteiger partial charge in [0.2, 0.25) is 0 Å². The molecular weight excluding hydrogens is 390 g/mol. The normalized spacial score (nSPS) is 13.9. The van der Waals surface area contributed by atoms with Crippen molar-refractivity contribution in [2.24, 2.45) is 7.05 Å². The summed E-state index contributed by atoms with van der Waals surface area (Å²) in [5.41, 5.74) is 5.95. The molecule has 8 nitrogen and oxygen atoms in total. The fourth-order valence-corrected chi connectivity index (χ4v) is 3.84. The molecule has 1 aliphatic rings. The van der Waals surface area contributed by atoms with Crippen molar-refractivity contribution in [1.82, 2.24) is 14.8 Å². The number of carbonyl (C=O) groups excluding carboxylic acids is 1. The molecule has 0 aliphatic carbocycles. The highest BCUT2D eigenvalue weighted by atomic mass is 32.1. The van der Waals surface area contributed by atoms with Gasteiger partial charge in [-0.3, -0.25) is 9.48 Å². The van der Waals surface area contributed by atoms with E-state index in [1.807, 2.05) is 4.90 Å². The quantitative estimate of drug-likeness (QED) is 0.691. The van der Waals surface area contributed by atoms with Crippen LogP contribution in [-0.2, 0) is 11.8 Å². The van der Waals surface area contributed by atoms with Crippen molar-refractivity contribution < 1.29 is 18.3 Å². The number of hydrogen-bond acceptors (Lipinski definition) is 7. The first-order valence-electron chi connectivity index (χ1n) is 8.32. The number of aryl methyl sites for hydroxylation is 1. The molecule has 0 atom stereocenters. The van der Waals surface area contributed by atoms with Gasteiger partial charge in [-0.1, -0.05) is 17.4 Å². The molecule has 1 fully saturated rings. The molecule has 1 amide bonds. The van der Waals surface area contributed by atoms with Crippen LogP contribution in [0, 0.1) is 11.6 Å². The predicted octanol–water partition coefficient (Wildman–Crippen LogP) is 2.45. The summed E-state index contributed by atoms with van der Waals surface area (Å²) < 4.78 is 35.0. The van der Waals surface area contributed by atoms with E-state index in [1.165, 1.54) is 12.3 Å². The molecule has 0 spiro atoms. The van der Waals surface area contributed by atoms with Crippen LogP contribution >= 0.6 is 11.3 Å². The molecule has 1 aliphatic heterocycles. The number of nitrogen functional groups attached to an aromatic ring is 1. The Morgan fingerprint density at radius 3 is 2.79 bits per heavy atom. The maximum Gasteiger partial charge on any atom is 0.277 e. The van der Waals surface area contributed by atoms with E-state index in [0.29, 0.717) is 31.4 Å². The summed E-state index contributed by atoms with van der Waals surface area (Å²) in [7, 11) is 1.75. The first kappa shape index (κ1) is 18.3. The van der Waals surface area contributed by atoms with Crippen LogP contribution in [0.3, 0.4) is 0 Å². The van der Waals surface area contributed by atoms with Gasteiger partial charge >= 0.3 is 0 Å². The van der Waals surface area contributed by atoms with Gasteiger partial charge in [0, 0.05) is 13.6 Å². The van der Waals surface area contributed by atoms with E-state index >= 15 is 0 Å². The largest absolute Gasteiger partial charge is 0.389 e. The van der Waals surface area contributed by atoms with Crippen LogP contribution in [0.25, 0.3) is 10.6 Å². The molecule has 28 heavy (non-hydrogen) atoms. The third kappa shape index (κ3) is 3.18. The number of aromatic nitrogens is 3. The molecule has 0 unspecified atom stereocenters. The molecule has 1 saturated heterocycles. The van der Waals surface area contributed by atoms with Gasteiger partial charge in [0.1, 0.15) is 34.1 Å². The van der Waals surface area contributed by atoms with Crippen LogP contribution in [0.1, 0.15) is 10.5 Å². The molecular formula is C17H16F2N6O2S. The second-order valence-electron chi connectivity index (χ2n) is 6.09. The Morgan fingerprint density at radius 1 is 1.36 bits per heavy atom. The lowest BCUT2D eigenvalue weighted by molar-refractivity contribution is 0.102. The molecule has 11 heteroatoms. The van der Waals surface area contributed by atoms with Gasteiger partial charge in [0.05, 0.1) is 18.4 Å². The van der Waals surface area contributed by atoms with E-state index in [2.05, 4.69) is 15.4 Å². The Labute approximate surface area is 162 Å². The number of nitrogens with zero attached hydrogens (tertiary/aromatic N) is 4. The van der Waals surface area contributed by atoms with Gasteiger partial charge in [-0.05, 0) is 12.1 Å². The van der Waals surface area contributed by atoms with Crippen LogP contribution in [-0.4, -0.2) is 40.6 Å². The van der Waals surface area contributed by atoms with Crippen molar-refractivity contribution in [1.29, 1.82) is 0 Å². The molecule has 0 saturated carbocycles. The minimum atomic E-state index is -0.774. The van der Waals surface area contributed by atoms with Crippen LogP contribution < -0.4 is 16.0 Å². The highest BCUT2D eigenvalue weighted by Gasteiger charge is 2.25. The lowest BCUT2D eigenvalue weighted by Gasteiger charge is -2.17. The van der Waals surface area contributed by atoms with E-state index in [4.69, 9.17) is 10.5 Å². The number of anilines is 3. The Balaban J connectivity index is 1.63. The van der Waals surface area contributed by atoms with Crippen LogP contribution in [0.15, 0.2) is 24.4 Å². The van der Waals surface area contributed by atoms with E-state index < -0.39 is 17.5 Å². The second kappa shape index (κ2) is 7.17. The molecule has 0 bridgehead atoms. The number of rotatable bonds is 4. The van der Waals surface area contributed by atoms with Crippen molar-refractivity contribution in [3.63, 3.8) is 0 Å². The highest BCUT2D eigenvalue weighted by molar-refractivity contribution is 7.19. The third-order valence-electron chi connectivity index (χ3n) is 4.25. The smallest absolute Gasteiger partial charge is 0.277 e. The summed E-state index contributed by atoms with van der Waals surface area (Å²) in [6.45, 7) is 1.63. The van der Waals surface area contributed by atoms with Crippen LogP contribution in [0.2, 0.25) is 0 Å². The minimum absolute atomic E-state index is 0.00222. The number of halogens is 2. The van der Waals surface area contributed by atoms with Crippen molar-refractivity contribution in [3.8, 4) is 10.6 Å². The van der Waals surface area contributed by atoms with Gasteiger partial charge in [0.25, 0.3) is 5.91 Å². The van der Waals surface area contributed by atoms with Gasteiger partial charge in [0.15, 0.2) is 11.5 Å². The fraction of sp³-hybridized carbons (Fsp3) is 0.235. The number of carbonyl (C=O) groups is 1. The molecule has 0 radical (unpaired) electrons. The monoisotopic (exact) mass is 406 g/mol. The summed E-state index contributed by atoms with van der Waals surface area (Å²) in [5.74, 6) is -1.46. The summed E-state index contributed by atoms with van der Waals surface area (Å²) in [6.07, 6.45) is 1.51. The molecule has 3 aromatic rings. The molecule has 3 N–H and O–H groups in total. The Bertz CT molecular complexity index is 1020. The predicted molar refractivity (Wildman–Crippen MR) is 101 cm³/mol. The maximum absolute atomic E-state index is 14.0. The summed E-state index contributed by atoms with van der Waals surface area (Å²) in [6, 6.07) is 3.50. The maximum atomic E-state index is 14.0.